The van der Waals surface area contributed by atoms with Crippen molar-refractivity contribution in [1.82, 2.24) is 4.98 Å². The van der Waals surface area contributed by atoms with Crippen LogP contribution in [-0.4, -0.2) is 17.2 Å². The van der Waals surface area contributed by atoms with Crippen LogP contribution < -0.4 is 5.32 Å². The third-order valence-electron chi connectivity index (χ3n) is 2.04. The Hall–Kier alpha value is -1.16. The van der Waals surface area contributed by atoms with E-state index < -0.39 is 5.67 Å². The summed E-state index contributed by atoms with van der Waals surface area (Å²) < 4.78 is 14.4. The normalized spacial score (nSPS) is 11.9. The van der Waals surface area contributed by atoms with Gasteiger partial charge in [-0.25, -0.2) is 9.37 Å². The van der Waals surface area contributed by atoms with Gasteiger partial charge in [0.25, 0.3) is 0 Å². The molecule has 0 aliphatic carbocycles. The van der Waals surface area contributed by atoms with Gasteiger partial charge in [0.2, 0.25) is 0 Å². The molecule has 0 fully saturated rings. The van der Waals surface area contributed by atoms with Crippen molar-refractivity contribution in [3.63, 3.8) is 0 Å². The van der Waals surface area contributed by atoms with Crippen LogP contribution in [0.3, 0.4) is 0 Å². The van der Waals surface area contributed by atoms with Crippen LogP contribution in [0.4, 0.5) is 10.1 Å². The highest BCUT2D eigenvalue weighted by molar-refractivity contribution is 7.16. The zero-order valence-electron chi connectivity index (χ0n) is 8.75. The van der Waals surface area contributed by atoms with Gasteiger partial charge in [-0.15, -0.1) is 11.3 Å². The van der Waals surface area contributed by atoms with Crippen LogP contribution >= 0.6 is 11.3 Å². The second-order valence-electron chi connectivity index (χ2n) is 4.11. The predicted octanol–water partition coefficient (Wildman–Crippen LogP) is 3.46. The average molecular weight is 224 g/mol. The van der Waals surface area contributed by atoms with Crippen molar-refractivity contribution in [3.8, 4) is 0 Å². The van der Waals surface area contributed by atoms with Crippen LogP contribution in [0.25, 0.3) is 10.2 Å². The number of hydrogen-bond donors (Lipinski definition) is 1. The third-order valence-corrected chi connectivity index (χ3v) is 2.85. The molecule has 0 radical (unpaired) electrons. The molecule has 2 aromatic rings. The smallest absolute Gasteiger partial charge is 0.122 e. The first-order valence-corrected chi connectivity index (χ1v) is 5.69. The largest absolute Gasteiger partial charge is 0.382 e. The molecule has 1 aromatic heterocycles. The number of anilines is 1. The molecule has 1 N–H and O–H groups in total. The van der Waals surface area contributed by atoms with Gasteiger partial charge < -0.3 is 5.32 Å². The fourth-order valence-corrected chi connectivity index (χ4v) is 1.94. The SMILES string of the molecule is CC(C)(F)CNc1ccc2scnc2c1. The topological polar surface area (TPSA) is 24.9 Å². The summed E-state index contributed by atoms with van der Waals surface area (Å²) in [4.78, 5) is 4.21. The van der Waals surface area contributed by atoms with Gasteiger partial charge in [0, 0.05) is 12.2 Å². The Morgan fingerprint density at radius 1 is 1.47 bits per heavy atom. The molecule has 1 aromatic carbocycles. The van der Waals surface area contributed by atoms with Crippen molar-refractivity contribution in [2.24, 2.45) is 0 Å². The monoisotopic (exact) mass is 224 g/mol. The summed E-state index contributed by atoms with van der Waals surface area (Å²) in [5.41, 5.74) is 2.49. The molecule has 0 amide bonds. The van der Waals surface area contributed by atoms with Crippen LogP contribution in [0.5, 0.6) is 0 Å². The van der Waals surface area contributed by atoms with Crippen LogP contribution in [-0.2, 0) is 0 Å². The molecule has 0 unspecified atom stereocenters. The molecule has 0 atom stereocenters. The number of nitrogens with one attached hydrogen (secondary N) is 1. The zero-order valence-corrected chi connectivity index (χ0v) is 9.57. The van der Waals surface area contributed by atoms with E-state index >= 15 is 0 Å². The Morgan fingerprint density at radius 2 is 2.27 bits per heavy atom. The van der Waals surface area contributed by atoms with Crippen LogP contribution in [0.1, 0.15) is 13.8 Å². The van der Waals surface area contributed by atoms with Crippen molar-refractivity contribution in [2.45, 2.75) is 19.5 Å². The second kappa shape index (κ2) is 3.77. The quantitative estimate of drug-likeness (QED) is 0.863. The fourth-order valence-electron chi connectivity index (χ4n) is 1.28. The Bertz CT molecular complexity index is 459. The molecule has 0 saturated heterocycles. The van der Waals surface area contributed by atoms with Gasteiger partial charge in [0.05, 0.1) is 15.7 Å². The van der Waals surface area contributed by atoms with E-state index in [4.69, 9.17) is 0 Å². The van der Waals surface area contributed by atoms with Gasteiger partial charge in [0.15, 0.2) is 0 Å². The highest BCUT2D eigenvalue weighted by Gasteiger charge is 2.14. The van der Waals surface area contributed by atoms with E-state index in [9.17, 15) is 4.39 Å². The fraction of sp³-hybridized carbons (Fsp3) is 0.364. The molecular formula is C11H13FN2S. The van der Waals surface area contributed by atoms with E-state index in [1.165, 1.54) is 0 Å². The van der Waals surface area contributed by atoms with Crippen LogP contribution in [0, 0.1) is 0 Å². The van der Waals surface area contributed by atoms with Crippen LogP contribution in [0.2, 0.25) is 0 Å². The molecule has 1 heterocycles. The molecule has 0 saturated carbocycles. The average Bonchev–Trinajstić information content (AvgIpc) is 2.60. The number of nitrogens with zero attached hydrogens (tertiary/aromatic N) is 1. The minimum absolute atomic E-state index is 0.308. The molecular weight excluding hydrogens is 211 g/mol. The molecule has 80 valence electrons. The lowest BCUT2D eigenvalue weighted by Crippen LogP contribution is -2.24. The van der Waals surface area contributed by atoms with Gasteiger partial charge in [-0.05, 0) is 32.0 Å². The maximum absolute atomic E-state index is 13.3. The van der Waals surface area contributed by atoms with Crippen molar-refractivity contribution < 1.29 is 4.39 Å². The lowest BCUT2D eigenvalue weighted by molar-refractivity contribution is 0.235. The van der Waals surface area contributed by atoms with Crippen molar-refractivity contribution in [3.05, 3.63) is 23.7 Å². The first kappa shape index (κ1) is 10.4. The third kappa shape index (κ3) is 2.65. The lowest BCUT2D eigenvalue weighted by atomic mass is 10.1. The van der Waals surface area contributed by atoms with Crippen molar-refractivity contribution in [1.29, 1.82) is 0 Å². The summed E-state index contributed by atoms with van der Waals surface area (Å²) in [5, 5.41) is 3.06. The van der Waals surface area contributed by atoms with Gasteiger partial charge in [-0.3, -0.25) is 0 Å². The summed E-state index contributed by atoms with van der Waals surface area (Å²) in [6.45, 7) is 3.42. The molecule has 4 heteroatoms. The molecule has 2 nitrogen and oxygen atoms in total. The summed E-state index contributed by atoms with van der Waals surface area (Å²) >= 11 is 1.61. The van der Waals surface area contributed by atoms with E-state index in [1.807, 2.05) is 23.7 Å². The van der Waals surface area contributed by atoms with Gasteiger partial charge in [-0.1, -0.05) is 0 Å². The van der Waals surface area contributed by atoms with E-state index in [-0.39, 0.29) is 0 Å². The molecule has 0 bridgehead atoms. The van der Waals surface area contributed by atoms with Gasteiger partial charge in [-0.2, -0.15) is 0 Å². The van der Waals surface area contributed by atoms with E-state index in [1.54, 1.807) is 25.2 Å². The predicted molar refractivity (Wildman–Crippen MR) is 63.3 cm³/mol. The maximum atomic E-state index is 13.3. The first-order chi connectivity index (χ1) is 7.04. The van der Waals surface area contributed by atoms with Gasteiger partial charge in [0.1, 0.15) is 5.67 Å². The van der Waals surface area contributed by atoms with E-state index in [2.05, 4.69) is 10.3 Å². The maximum Gasteiger partial charge on any atom is 0.122 e. The second-order valence-corrected chi connectivity index (χ2v) is 4.99. The summed E-state index contributed by atoms with van der Waals surface area (Å²) in [6, 6.07) is 5.89. The number of rotatable bonds is 3. The number of aromatic nitrogens is 1. The van der Waals surface area contributed by atoms with E-state index in [0.717, 1.165) is 15.9 Å². The molecule has 2 rings (SSSR count). The molecule has 0 aliphatic heterocycles. The lowest BCUT2D eigenvalue weighted by Gasteiger charge is -2.15. The van der Waals surface area contributed by atoms with Gasteiger partial charge >= 0.3 is 0 Å². The Balaban J connectivity index is 2.15. The van der Waals surface area contributed by atoms with Crippen LogP contribution in [0.15, 0.2) is 23.7 Å². The standard InChI is InChI=1S/C11H13FN2S/c1-11(2,12)6-13-8-3-4-10-9(5-8)14-7-15-10/h3-5,7,13H,6H2,1-2H3. The summed E-state index contributed by atoms with van der Waals surface area (Å²) in [7, 11) is 0. The highest BCUT2D eigenvalue weighted by Crippen LogP contribution is 2.22. The highest BCUT2D eigenvalue weighted by atomic mass is 32.1. The summed E-state index contributed by atoms with van der Waals surface area (Å²) in [6.07, 6.45) is 0. The summed E-state index contributed by atoms with van der Waals surface area (Å²) in [5.74, 6) is 0. The Morgan fingerprint density at radius 3 is 3.00 bits per heavy atom. The zero-order chi connectivity index (χ0) is 10.9. The Labute approximate surface area is 92.1 Å². The number of halogens is 1. The molecule has 15 heavy (non-hydrogen) atoms. The number of thiazole rings is 1. The number of fused-ring (bicyclic) bond motifs is 1. The number of alkyl halides is 1. The first-order valence-electron chi connectivity index (χ1n) is 4.81. The molecule has 0 aliphatic rings. The van der Waals surface area contributed by atoms with Crippen molar-refractivity contribution in [2.75, 3.05) is 11.9 Å². The minimum atomic E-state index is -1.20. The minimum Gasteiger partial charge on any atom is -0.382 e. The number of hydrogen-bond acceptors (Lipinski definition) is 3. The Kier molecular flexibility index (Phi) is 2.61. The molecule has 0 spiro atoms. The van der Waals surface area contributed by atoms with Crippen molar-refractivity contribution >= 4 is 27.2 Å². The van der Waals surface area contributed by atoms with E-state index in [0.29, 0.717) is 6.54 Å². The number of benzene rings is 1.